The lowest BCUT2D eigenvalue weighted by molar-refractivity contribution is -0.113. The van der Waals surface area contributed by atoms with Gasteiger partial charge < -0.3 is 15.4 Å². The quantitative estimate of drug-likeness (QED) is 0.562. The molecule has 0 aliphatic heterocycles. The Balaban J connectivity index is 1.57. The molecule has 0 atom stereocenters. The summed E-state index contributed by atoms with van der Waals surface area (Å²) in [6.07, 6.45) is 0. The third-order valence-corrected chi connectivity index (χ3v) is 5.93. The standard InChI is InChI=1S/C15H17N5O2S3/c1-3-16-13-19-20-15(25-13)23-8-12(21)18-14-17-10-6-5-9(22-4-2)7-11(10)24-14/h5-7H,3-4,8H2,1-2H3,(H,16,19)(H,17,18,21). The van der Waals surface area contributed by atoms with E-state index >= 15 is 0 Å². The first kappa shape index (κ1) is 17.9. The van der Waals surface area contributed by atoms with Gasteiger partial charge in [-0.2, -0.15) is 0 Å². The highest BCUT2D eigenvalue weighted by atomic mass is 32.2. The zero-order valence-electron chi connectivity index (χ0n) is 13.7. The maximum Gasteiger partial charge on any atom is 0.236 e. The summed E-state index contributed by atoms with van der Waals surface area (Å²) < 4.78 is 7.22. The number of rotatable bonds is 8. The Morgan fingerprint density at radius 1 is 1.24 bits per heavy atom. The molecular formula is C15H17N5O2S3. The van der Waals surface area contributed by atoms with Gasteiger partial charge in [-0.05, 0) is 32.0 Å². The van der Waals surface area contributed by atoms with Gasteiger partial charge >= 0.3 is 0 Å². The third kappa shape index (κ3) is 4.80. The number of amides is 1. The van der Waals surface area contributed by atoms with Gasteiger partial charge in [-0.1, -0.05) is 34.4 Å². The normalized spacial score (nSPS) is 10.8. The predicted octanol–water partition coefficient (Wildman–Crippen LogP) is 3.71. The van der Waals surface area contributed by atoms with E-state index in [0.29, 0.717) is 11.7 Å². The van der Waals surface area contributed by atoms with Gasteiger partial charge in [0.25, 0.3) is 0 Å². The molecule has 3 rings (SSSR count). The number of thioether (sulfide) groups is 1. The van der Waals surface area contributed by atoms with E-state index in [1.165, 1.54) is 34.4 Å². The van der Waals surface area contributed by atoms with E-state index in [0.717, 1.165) is 32.0 Å². The molecule has 0 bridgehead atoms. The summed E-state index contributed by atoms with van der Waals surface area (Å²) in [7, 11) is 0. The largest absolute Gasteiger partial charge is 0.494 e. The predicted molar refractivity (Wildman–Crippen MR) is 104 cm³/mol. The van der Waals surface area contributed by atoms with Gasteiger partial charge in [0.15, 0.2) is 9.47 Å². The first-order valence-electron chi connectivity index (χ1n) is 7.71. The molecule has 0 fully saturated rings. The second-order valence-corrected chi connectivity index (χ2v) is 8.05. The molecular weight excluding hydrogens is 378 g/mol. The van der Waals surface area contributed by atoms with E-state index in [2.05, 4.69) is 25.8 Å². The highest BCUT2D eigenvalue weighted by Gasteiger charge is 2.11. The molecule has 10 heteroatoms. The van der Waals surface area contributed by atoms with Crippen LogP contribution in [0.1, 0.15) is 13.8 Å². The number of ether oxygens (including phenoxy) is 1. The van der Waals surface area contributed by atoms with Crippen LogP contribution in [0, 0.1) is 0 Å². The maximum absolute atomic E-state index is 12.1. The van der Waals surface area contributed by atoms with Crippen LogP contribution < -0.4 is 15.4 Å². The topological polar surface area (TPSA) is 89.0 Å². The van der Waals surface area contributed by atoms with Crippen molar-refractivity contribution in [2.75, 3.05) is 29.5 Å². The maximum atomic E-state index is 12.1. The van der Waals surface area contributed by atoms with Gasteiger partial charge in [-0.15, -0.1) is 10.2 Å². The van der Waals surface area contributed by atoms with Crippen LogP contribution in [0.3, 0.4) is 0 Å². The van der Waals surface area contributed by atoms with Gasteiger partial charge in [0.2, 0.25) is 11.0 Å². The van der Waals surface area contributed by atoms with E-state index in [1.807, 2.05) is 32.0 Å². The lowest BCUT2D eigenvalue weighted by Gasteiger charge is -2.00. The van der Waals surface area contributed by atoms with Crippen molar-refractivity contribution in [2.24, 2.45) is 0 Å². The zero-order chi connectivity index (χ0) is 17.6. The van der Waals surface area contributed by atoms with Gasteiger partial charge in [-0.25, -0.2) is 4.98 Å². The van der Waals surface area contributed by atoms with Crippen molar-refractivity contribution in [2.45, 2.75) is 18.2 Å². The van der Waals surface area contributed by atoms with Gasteiger partial charge in [-0.3, -0.25) is 4.79 Å². The Hall–Kier alpha value is -1.91. The van der Waals surface area contributed by atoms with Crippen molar-refractivity contribution in [3.63, 3.8) is 0 Å². The number of thiazole rings is 1. The molecule has 0 radical (unpaired) electrons. The number of nitrogens with zero attached hydrogens (tertiary/aromatic N) is 3. The van der Waals surface area contributed by atoms with Crippen LogP contribution in [0.5, 0.6) is 5.75 Å². The highest BCUT2D eigenvalue weighted by molar-refractivity contribution is 8.01. The number of anilines is 2. The zero-order valence-corrected chi connectivity index (χ0v) is 16.2. The van der Waals surface area contributed by atoms with Gasteiger partial charge in [0, 0.05) is 6.54 Å². The lowest BCUT2D eigenvalue weighted by atomic mass is 10.3. The monoisotopic (exact) mass is 395 g/mol. The van der Waals surface area contributed by atoms with Crippen molar-refractivity contribution >= 4 is 60.8 Å². The number of hydrogen-bond acceptors (Lipinski definition) is 9. The summed E-state index contributed by atoms with van der Waals surface area (Å²) in [6, 6.07) is 5.71. The molecule has 7 nitrogen and oxygen atoms in total. The van der Waals surface area contributed by atoms with Crippen LogP contribution in [0.25, 0.3) is 10.2 Å². The summed E-state index contributed by atoms with van der Waals surface area (Å²) in [6.45, 7) is 5.35. The summed E-state index contributed by atoms with van der Waals surface area (Å²) in [4.78, 5) is 16.5. The van der Waals surface area contributed by atoms with Crippen LogP contribution in [0.15, 0.2) is 22.5 Å². The Labute approximate surface area is 157 Å². The average molecular weight is 396 g/mol. The van der Waals surface area contributed by atoms with Crippen LogP contribution in [0.4, 0.5) is 10.3 Å². The molecule has 0 spiro atoms. The Kier molecular flexibility index (Phi) is 6.05. The summed E-state index contributed by atoms with van der Waals surface area (Å²) in [5.41, 5.74) is 0.843. The molecule has 2 heterocycles. The summed E-state index contributed by atoms with van der Waals surface area (Å²) in [5, 5.41) is 15.3. The molecule has 0 saturated carbocycles. The summed E-state index contributed by atoms with van der Waals surface area (Å²) in [5.74, 6) is 0.954. The molecule has 0 aliphatic rings. The van der Waals surface area contributed by atoms with E-state index in [9.17, 15) is 4.79 Å². The molecule has 1 amide bonds. The van der Waals surface area contributed by atoms with E-state index in [-0.39, 0.29) is 11.7 Å². The van der Waals surface area contributed by atoms with Gasteiger partial charge in [0.05, 0.1) is 22.6 Å². The van der Waals surface area contributed by atoms with E-state index in [4.69, 9.17) is 4.74 Å². The highest BCUT2D eigenvalue weighted by Crippen LogP contribution is 2.30. The molecule has 1 aromatic carbocycles. The number of aromatic nitrogens is 3. The fraction of sp³-hybridized carbons (Fsp3) is 0.333. The molecule has 0 unspecified atom stereocenters. The minimum atomic E-state index is -0.116. The number of hydrogen-bond donors (Lipinski definition) is 2. The van der Waals surface area contributed by atoms with Crippen LogP contribution in [-0.2, 0) is 4.79 Å². The van der Waals surface area contributed by atoms with Crippen molar-refractivity contribution < 1.29 is 9.53 Å². The Morgan fingerprint density at radius 2 is 2.12 bits per heavy atom. The van der Waals surface area contributed by atoms with Crippen LogP contribution in [0.2, 0.25) is 0 Å². The van der Waals surface area contributed by atoms with Crippen molar-refractivity contribution in [3.05, 3.63) is 18.2 Å². The molecule has 0 saturated heterocycles. The second-order valence-electron chi connectivity index (χ2n) is 4.82. The Morgan fingerprint density at radius 3 is 2.92 bits per heavy atom. The lowest BCUT2D eigenvalue weighted by Crippen LogP contribution is -2.13. The van der Waals surface area contributed by atoms with Gasteiger partial charge in [0.1, 0.15) is 5.75 Å². The molecule has 132 valence electrons. The fourth-order valence-electron chi connectivity index (χ4n) is 1.99. The second kappa shape index (κ2) is 8.45. The van der Waals surface area contributed by atoms with Crippen LogP contribution >= 0.6 is 34.4 Å². The SMILES string of the molecule is CCNc1nnc(SCC(=O)Nc2nc3ccc(OCC)cc3s2)s1. The van der Waals surface area contributed by atoms with Crippen molar-refractivity contribution in [1.29, 1.82) is 0 Å². The first-order chi connectivity index (χ1) is 12.2. The molecule has 0 aliphatic carbocycles. The molecule has 3 aromatic rings. The molecule has 25 heavy (non-hydrogen) atoms. The number of carbonyl (C=O) groups excluding carboxylic acids is 1. The minimum Gasteiger partial charge on any atom is -0.494 e. The fourth-order valence-corrected chi connectivity index (χ4v) is 4.52. The average Bonchev–Trinajstić information content (AvgIpc) is 3.19. The van der Waals surface area contributed by atoms with E-state index in [1.54, 1.807) is 0 Å². The molecule has 2 N–H and O–H groups in total. The van der Waals surface area contributed by atoms with Crippen molar-refractivity contribution in [1.82, 2.24) is 15.2 Å². The number of fused-ring (bicyclic) bond motifs is 1. The first-order valence-corrected chi connectivity index (χ1v) is 10.3. The Bertz CT molecular complexity index is 864. The minimum absolute atomic E-state index is 0.116. The number of nitrogens with one attached hydrogen (secondary N) is 2. The third-order valence-electron chi connectivity index (χ3n) is 2.98. The molecule has 2 aromatic heterocycles. The number of benzene rings is 1. The van der Waals surface area contributed by atoms with Crippen LogP contribution in [-0.4, -0.2) is 40.0 Å². The van der Waals surface area contributed by atoms with Crippen molar-refractivity contribution in [3.8, 4) is 5.75 Å². The van der Waals surface area contributed by atoms with E-state index < -0.39 is 0 Å². The number of carbonyl (C=O) groups is 1. The smallest absolute Gasteiger partial charge is 0.236 e. The summed E-state index contributed by atoms with van der Waals surface area (Å²) >= 11 is 4.23.